The lowest BCUT2D eigenvalue weighted by molar-refractivity contribution is 0.544. The maximum absolute atomic E-state index is 12.3. The van der Waals surface area contributed by atoms with Crippen molar-refractivity contribution in [3.63, 3.8) is 0 Å². The zero-order valence-electron chi connectivity index (χ0n) is 12.5. The van der Waals surface area contributed by atoms with Gasteiger partial charge in [0, 0.05) is 25.9 Å². The van der Waals surface area contributed by atoms with E-state index in [1.807, 2.05) is 20.0 Å². The molecule has 2 N–H and O–H groups in total. The van der Waals surface area contributed by atoms with Crippen molar-refractivity contribution < 1.29 is 0 Å². The fourth-order valence-electron chi connectivity index (χ4n) is 2.20. The second-order valence-corrected chi connectivity index (χ2v) is 4.96. The van der Waals surface area contributed by atoms with E-state index < -0.39 is 0 Å². The van der Waals surface area contributed by atoms with Crippen molar-refractivity contribution in [2.45, 2.75) is 32.9 Å². The molecule has 0 aliphatic carbocycles. The molecule has 0 aromatic carbocycles. The summed E-state index contributed by atoms with van der Waals surface area (Å²) in [6.45, 7) is 3.22. The minimum Gasteiger partial charge on any atom is -0.330 e. The summed E-state index contributed by atoms with van der Waals surface area (Å²) >= 11 is 0. The van der Waals surface area contributed by atoms with E-state index in [2.05, 4.69) is 5.10 Å². The zero-order valence-corrected chi connectivity index (χ0v) is 12.5. The van der Waals surface area contributed by atoms with Crippen molar-refractivity contribution in [1.29, 1.82) is 0 Å². The molecule has 7 nitrogen and oxygen atoms in total. The van der Waals surface area contributed by atoms with Gasteiger partial charge < -0.3 is 5.73 Å². The van der Waals surface area contributed by atoms with Crippen LogP contribution >= 0.6 is 0 Å². The van der Waals surface area contributed by atoms with Gasteiger partial charge in [-0.05, 0) is 25.5 Å². The van der Waals surface area contributed by atoms with Gasteiger partial charge >= 0.3 is 5.69 Å². The summed E-state index contributed by atoms with van der Waals surface area (Å²) in [7, 11) is 1.85. The van der Waals surface area contributed by atoms with Gasteiger partial charge in [0.05, 0.1) is 17.9 Å². The largest absolute Gasteiger partial charge is 0.331 e. The summed E-state index contributed by atoms with van der Waals surface area (Å²) in [5.74, 6) is 0. The average molecular weight is 291 g/mol. The van der Waals surface area contributed by atoms with Gasteiger partial charge in [0.15, 0.2) is 0 Å². The fourth-order valence-corrected chi connectivity index (χ4v) is 2.20. The van der Waals surface area contributed by atoms with Crippen molar-refractivity contribution >= 4 is 0 Å². The van der Waals surface area contributed by atoms with E-state index in [1.54, 1.807) is 4.68 Å². The Hall–Kier alpha value is -2.15. The topological polar surface area (TPSA) is 87.8 Å². The molecule has 0 fully saturated rings. The average Bonchev–Trinajstić information content (AvgIpc) is 2.82. The van der Waals surface area contributed by atoms with Crippen molar-refractivity contribution in [3.05, 3.63) is 50.6 Å². The van der Waals surface area contributed by atoms with Gasteiger partial charge in [0.25, 0.3) is 5.56 Å². The molecule has 2 heterocycles. The molecular weight excluding hydrogens is 270 g/mol. The standard InChI is InChI=1S/C14H21N5O2/c1-3-11-9-12(17(2)16-11)10-18-8-5-13(20)19(14(18)21)7-4-6-15/h5,8-9H,3-4,6-7,10,15H2,1-2H3. The van der Waals surface area contributed by atoms with Crippen LogP contribution in [-0.2, 0) is 26.6 Å². The van der Waals surface area contributed by atoms with Gasteiger partial charge in [-0.15, -0.1) is 0 Å². The molecule has 7 heteroatoms. The Bertz CT molecular complexity index is 726. The van der Waals surface area contributed by atoms with Gasteiger partial charge in [0.2, 0.25) is 0 Å². The van der Waals surface area contributed by atoms with Gasteiger partial charge in [-0.2, -0.15) is 5.10 Å². The Morgan fingerprint density at radius 2 is 2.10 bits per heavy atom. The SMILES string of the molecule is CCc1cc(Cn2ccc(=O)n(CCCN)c2=O)n(C)n1. The molecule has 0 unspecified atom stereocenters. The molecule has 0 aliphatic rings. The molecule has 2 aromatic heterocycles. The van der Waals surface area contributed by atoms with Crippen LogP contribution in [0.4, 0.5) is 0 Å². The van der Waals surface area contributed by atoms with E-state index in [1.165, 1.54) is 21.4 Å². The number of nitrogens with two attached hydrogens (primary N) is 1. The van der Waals surface area contributed by atoms with Crippen LogP contribution in [0.15, 0.2) is 27.9 Å². The van der Waals surface area contributed by atoms with Crippen LogP contribution < -0.4 is 17.0 Å². The Morgan fingerprint density at radius 1 is 1.33 bits per heavy atom. The molecular formula is C14H21N5O2. The minimum atomic E-state index is -0.310. The molecule has 0 spiro atoms. The number of rotatable bonds is 6. The first-order chi connectivity index (χ1) is 10.1. The highest BCUT2D eigenvalue weighted by Crippen LogP contribution is 2.04. The van der Waals surface area contributed by atoms with Crippen LogP contribution in [0.3, 0.4) is 0 Å². The smallest absolute Gasteiger partial charge is 0.330 e. The third kappa shape index (κ3) is 3.30. The van der Waals surface area contributed by atoms with Crippen molar-refractivity contribution in [1.82, 2.24) is 18.9 Å². The summed E-state index contributed by atoms with van der Waals surface area (Å²) in [6, 6.07) is 3.39. The van der Waals surface area contributed by atoms with Gasteiger partial charge in [-0.3, -0.25) is 18.6 Å². The maximum atomic E-state index is 12.3. The number of hydrogen-bond acceptors (Lipinski definition) is 4. The molecule has 0 atom stereocenters. The van der Waals surface area contributed by atoms with Crippen LogP contribution in [0.2, 0.25) is 0 Å². The molecule has 0 saturated heterocycles. The monoisotopic (exact) mass is 291 g/mol. The second kappa shape index (κ2) is 6.53. The van der Waals surface area contributed by atoms with E-state index in [0.29, 0.717) is 26.1 Å². The van der Waals surface area contributed by atoms with Crippen LogP contribution in [0.25, 0.3) is 0 Å². The highest BCUT2D eigenvalue weighted by atomic mass is 16.2. The highest BCUT2D eigenvalue weighted by Gasteiger charge is 2.09. The van der Waals surface area contributed by atoms with Crippen LogP contribution in [0, 0.1) is 0 Å². The first-order valence-corrected chi connectivity index (χ1v) is 7.09. The molecule has 0 bridgehead atoms. The second-order valence-electron chi connectivity index (χ2n) is 4.96. The van der Waals surface area contributed by atoms with Gasteiger partial charge in [-0.25, -0.2) is 4.79 Å². The lowest BCUT2D eigenvalue weighted by Crippen LogP contribution is -2.39. The third-order valence-electron chi connectivity index (χ3n) is 3.45. The maximum Gasteiger partial charge on any atom is 0.331 e. The van der Waals surface area contributed by atoms with E-state index in [-0.39, 0.29) is 11.2 Å². The molecule has 114 valence electrons. The molecule has 0 radical (unpaired) electrons. The predicted octanol–water partition coefficient (Wildman–Crippen LogP) is -0.297. The minimum absolute atomic E-state index is 0.288. The Labute approximate surface area is 122 Å². The number of aryl methyl sites for hydroxylation is 2. The summed E-state index contributed by atoms with van der Waals surface area (Å²) in [5, 5.41) is 4.36. The number of nitrogens with zero attached hydrogens (tertiary/aromatic N) is 4. The molecule has 0 aliphatic heterocycles. The van der Waals surface area contributed by atoms with E-state index >= 15 is 0 Å². The molecule has 0 amide bonds. The third-order valence-corrected chi connectivity index (χ3v) is 3.45. The van der Waals surface area contributed by atoms with E-state index in [9.17, 15) is 9.59 Å². The predicted molar refractivity (Wildman–Crippen MR) is 80.3 cm³/mol. The van der Waals surface area contributed by atoms with E-state index in [4.69, 9.17) is 5.73 Å². The first-order valence-electron chi connectivity index (χ1n) is 7.09. The normalized spacial score (nSPS) is 11.0. The quantitative estimate of drug-likeness (QED) is 0.791. The lowest BCUT2D eigenvalue weighted by Gasteiger charge is -2.09. The van der Waals surface area contributed by atoms with Crippen molar-refractivity contribution in [3.8, 4) is 0 Å². The zero-order chi connectivity index (χ0) is 15.4. The van der Waals surface area contributed by atoms with Crippen molar-refractivity contribution in [2.24, 2.45) is 12.8 Å². The first kappa shape index (κ1) is 15.2. The Balaban J connectivity index is 2.34. The van der Waals surface area contributed by atoms with Crippen LogP contribution in [-0.4, -0.2) is 25.5 Å². The van der Waals surface area contributed by atoms with Crippen molar-refractivity contribution in [2.75, 3.05) is 6.54 Å². The summed E-state index contributed by atoms with van der Waals surface area (Å²) in [6.07, 6.45) is 2.98. The molecule has 0 saturated carbocycles. The Kier molecular flexibility index (Phi) is 4.74. The summed E-state index contributed by atoms with van der Waals surface area (Å²) in [4.78, 5) is 24.1. The lowest BCUT2D eigenvalue weighted by atomic mass is 10.3. The van der Waals surface area contributed by atoms with Crippen LogP contribution in [0.5, 0.6) is 0 Å². The fraction of sp³-hybridized carbons (Fsp3) is 0.500. The van der Waals surface area contributed by atoms with Crippen LogP contribution in [0.1, 0.15) is 24.7 Å². The molecule has 21 heavy (non-hydrogen) atoms. The van der Waals surface area contributed by atoms with Gasteiger partial charge in [-0.1, -0.05) is 6.92 Å². The highest BCUT2D eigenvalue weighted by molar-refractivity contribution is 5.10. The summed E-state index contributed by atoms with van der Waals surface area (Å²) < 4.78 is 4.51. The number of hydrogen-bond donors (Lipinski definition) is 1. The van der Waals surface area contributed by atoms with E-state index in [0.717, 1.165) is 17.8 Å². The Morgan fingerprint density at radius 3 is 2.71 bits per heavy atom. The number of aromatic nitrogens is 4. The molecule has 2 rings (SSSR count). The van der Waals surface area contributed by atoms with Gasteiger partial charge in [0.1, 0.15) is 0 Å². The molecule has 2 aromatic rings. The summed E-state index contributed by atoms with van der Waals surface area (Å²) in [5.41, 5.74) is 6.75.